The van der Waals surface area contributed by atoms with Gasteiger partial charge in [-0.3, -0.25) is 24.6 Å². The van der Waals surface area contributed by atoms with Crippen LogP contribution in [0.4, 0.5) is 16.2 Å². The summed E-state index contributed by atoms with van der Waals surface area (Å²) in [4.78, 5) is 39.7. The number of nitrogens with zero attached hydrogens (tertiary/aromatic N) is 3. The van der Waals surface area contributed by atoms with Crippen LogP contribution in [0, 0.1) is 17.0 Å². The molecule has 4 rings (SSSR count). The fourth-order valence-corrected chi connectivity index (χ4v) is 4.59. The van der Waals surface area contributed by atoms with E-state index in [1.807, 2.05) is 19.1 Å². The fourth-order valence-electron chi connectivity index (χ4n) is 3.76. The van der Waals surface area contributed by atoms with Crippen LogP contribution in [0.15, 0.2) is 47.4 Å². The molecular weight excluding hydrogens is 402 g/mol. The van der Waals surface area contributed by atoms with Crippen molar-refractivity contribution in [2.75, 3.05) is 18.0 Å². The zero-order valence-corrected chi connectivity index (χ0v) is 17.4. The van der Waals surface area contributed by atoms with E-state index in [0.29, 0.717) is 10.5 Å². The Labute approximate surface area is 178 Å². The maximum atomic E-state index is 12.8. The van der Waals surface area contributed by atoms with Gasteiger partial charge in [0, 0.05) is 30.4 Å². The number of aryl methyl sites for hydroxylation is 1. The van der Waals surface area contributed by atoms with Crippen LogP contribution >= 0.6 is 11.8 Å². The number of anilines is 1. The van der Waals surface area contributed by atoms with E-state index in [1.54, 1.807) is 24.3 Å². The summed E-state index contributed by atoms with van der Waals surface area (Å²) in [6.07, 6.45) is 4.13. The molecule has 2 aromatic carbocycles. The first-order valence-corrected chi connectivity index (χ1v) is 10.6. The number of para-hydroxylation sites is 1. The molecule has 0 unspecified atom stereocenters. The van der Waals surface area contributed by atoms with E-state index in [0.717, 1.165) is 40.9 Å². The minimum Gasteiger partial charge on any atom is -0.372 e. The van der Waals surface area contributed by atoms with Crippen molar-refractivity contribution in [2.45, 2.75) is 26.3 Å². The van der Waals surface area contributed by atoms with Gasteiger partial charge in [-0.05, 0) is 60.9 Å². The van der Waals surface area contributed by atoms with Gasteiger partial charge >= 0.3 is 0 Å². The highest BCUT2D eigenvalue weighted by Gasteiger charge is 2.36. The van der Waals surface area contributed by atoms with Gasteiger partial charge in [0.25, 0.3) is 16.8 Å². The second-order valence-corrected chi connectivity index (χ2v) is 8.38. The smallest absolute Gasteiger partial charge is 0.293 e. The molecule has 0 aliphatic carbocycles. The number of hydrogen-bond acceptors (Lipinski definition) is 6. The number of thioether (sulfide) groups is 1. The summed E-state index contributed by atoms with van der Waals surface area (Å²) in [6, 6.07) is 12.3. The zero-order chi connectivity index (χ0) is 21.3. The number of hydrogen-bond donors (Lipinski definition) is 0. The van der Waals surface area contributed by atoms with Crippen LogP contribution in [-0.4, -0.2) is 34.1 Å². The van der Waals surface area contributed by atoms with Crippen LogP contribution in [0.5, 0.6) is 0 Å². The number of imide groups is 1. The lowest BCUT2D eigenvalue weighted by molar-refractivity contribution is -0.385. The van der Waals surface area contributed by atoms with Crippen molar-refractivity contribution >= 4 is 40.4 Å². The number of benzene rings is 2. The van der Waals surface area contributed by atoms with Crippen LogP contribution in [0.2, 0.25) is 0 Å². The van der Waals surface area contributed by atoms with Crippen molar-refractivity contribution < 1.29 is 14.5 Å². The molecule has 2 aliphatic rings. The average molecular weight is 423 g/mol. The maximum absolute atomic E-state index is 12.8. The number of nitro groups is 1. The molecule has 154 valence electrons. The predicted molar refractivity (Wildman–Crippen MR) is 117 cm³/mol. The van der Waals surface area contributed by atoms with Crippen molar-refractivity contribution in [3.05, 3.63) is 74.2 Å². The van der Waals surface area contributed by atoms with E-state index in [2.05, 4.69) is 11.0 Å². The molecule has 2 amide bonds. The second-order valence-electron chi connectivity index (χ2n) is 7.39. The fraction of sp³-hybridized carbons (Fsp3) is 0.273. The number of nitro benzene ring substituents is 1. The molecule has 0 bridgehead atoms. The molecule has 2 aromatic rings. The van der Waals surface area contributed by atoms with E-state index in [9.17, 15) is 19.7 Å². The summed E-state index contributed by atoms with van der Waals surface area (Å²) < 4.78 is 0. The average Bonchev–Trinajstić information content (AvgIpc) is 3.35. The van der Waals surface area contributed by atoms with Crippen LogP contribution < -0.4 is 4.90 Å². The molecule has 7 nitrogen and oxygen atoms in total. The Morgan fingerprint density at radius 1 is 1.13 bits per heavy atom. The maximum Gasteiger partial charge on any atom is 0.293 e. The van der Waals surface area contributed by atoms with Gasteiger partial charge in [0.15, 0.2) is 0 Å². The van der Waals surface area contributed by atoms with E-state index in [-0.39, 0.29) is 12.2 Å². The normalized spacial score (nSPS) is 18.0. The van der Waals surface area contributed by atoms with Crippen LogP contribution in [0.1, 0.15) is 29.5 Å². The minimum absolute atomic E-state index is 0.103. The molecule has 0 N–H and O–H groups in total. The number of carbonyl (C=O) groups excluding carboxylic acids is 2. The summed E-state index contributed by atoms with van der Waals surface area (Å²) in [6.45, 7) is 3.99. The van der Waals surface area contributed by atoms with E-state index < -0.39 is 16.1 Å². The first kappa shape index (κ1) is 20.2. The molecule has 0 saturated carbocycles. The molecule has 2 heterocycles. The third kappa shape index (κ3) is 3.95. The summed E-state index contributed by atoms with van der Waals surface area (Å²) in [5.41, 5.74) is 3.32. The molecule has 30 heavy (non-hydrogen) atoms. The van der Waals surface area contributed by atoms with Gasteiger partial charge in [0.1, 0.15) is 0 Å². The molecule has 2 fully saturated rings. The van der Waals surface area contributed by atoms with Gasteiger partial charge < -0.3 is 4.90 Å². The minimum atomic E-state index is -0.504. The molecule has 8 heteroatoms. The van der Waals surface area contributed by atoms with Crippen molar-refractivity contribution in [1.82, 2.24) is 4.90 Å². The lowest BCUT2D eigenvalue weighted by Gasteiger charge is -2.18. The molecule has 0 atom stereocenters. The Kier molecular flexibility index (Phi) is 5.59. The van der Waals surface area contributed by atoms with Gasteiger partial charge in [-0.15, -0.1) is 0 Å². The largest absolute Gasteiger partial charge is 0.372 e. The lowest BCUT2D eigenvalue weighted by Crippen LogP contribution is -2.27. The van der Waals surface area contributed by atoms with Gasteiger partial charge in [-0.25, -0.2) is 0 Å². The molecule has 0 aromatic heterocycles. The van der Waals surface area contributed by atoms with Crippen LogP contribution in [-0.2, 0) is 11.3 Å². The summed E-state index contributed by atoms with van der Waals surface area (Å²) in [5.74, 6) is -0.425. The Bertz CT molecular complexity index is 1060. The second kappa shape index (κ2) is 8.31. The van der Waals surface area contributed by atoms with Crippen molar-refractivity contribution in [2.24, 2.45) is 0 Å². The van der Waals surface area contributed by atoms with E-state index in [4.69, 9.17) is 0 Å². The zero-order valence-electron chi connectivity index (χ0n) is 16.5. The predicted octanol–water partition coefficient (Wildman–Crippen LogP) is 4.74. The number of carbonyl (C=O) groups is 2. The third-order valence-corrected chi connectivity index (χ3v) is 6.31. The van der Waals surface area contributed by atoms with Gasteiger partial charge in [-0.1, -0.05) is 24.3 Å². The molecular formula is C22H21N3O4S. The quantitative estimate of drug-likeness (QED) is 0.392. The Morgan fingerprint density at radius 3 is 2.57 bits per heavy atom. The SMILES string of the molecule is Cc1cc(N2CCCC2)ccc1/C=C1\SC(=O)N(Cc2ccccc2[N+](=O)[O-])C1=O. The Balaban J connectivity index is 1.55. The number of rotatable bonds is 5. The van der Waals surface area contributed by atoms with Crippen LogP contribution in [0.25, 0.3) is 6.08 Å². The molecule has 0 radical (unpaired) electrons. The van der Waals surface area contributed by atoms with Crippen molar-refractivity contribution in [1.29, 1.82) is 0 Å². The Hall–Kier alpha value is -3.13. The Morgan fingerprint density at radius 2 is 1.87 bits per heavy atom. The van der Waals surface area contributed by atoms with Crippen molar-refractivity contribution in [3.63, 3.8) is 0 Å². The highest BCUT2D eigenvalue weighted by Crippen LogP contribution is 2.35. The topological polar surface area (TPSA) is 83.8 Å². The molecule has 0 spiro atoms. The third-order valence-electron chi connectivity index (χ3n) is 5.40. The summed E-state index contributed by atoms with van der Waals surface area (Å²) >= 11 is 0.867. The lowest BCUT2D eigenvalue weighted by atomic mass is 10.1. The van der Waals surface area contributed by atoms with Gasteiger partial charge in [0.05, 0.1) is 16.4 Å². The van der Waals surface area contributed by atoms with Gasteiger partial charge in [-0.2, -0.15) is 0 Å². The molecule has 2 aliphatic heterocycles. The summed E-state index contributed by atoms with van der Waals surface area (Å²) in [5, 5.41) is 10.8. The first-order chi connectivity index (χ1) is 14.4. The number of amides is 2. The van der Waals surface area contributed by atoms with Crippen LogP contribution in [0.3, 0.4) is 0 Å². The van der Waals surface area contributed by atoms with Gasteiger partial charge in [0.2, 0.25) is 0 Å². The standard InChI is InChI=1S/C22H21N3O4S/c1-15-12-18(23-10-4-5-11-23)9-8-16(15)13-20-21(26)24(22(27)30-20)14-17-6-2-3-7-19(17)25(28)29/h2-3,6-9,12-13H,4-5,10-11,14H2,1H3/b20-13-. The summed E-state index contributed by atoms with van der Waals surface area (Å²) in [7, 11) is 0. The highest BCUT2D eigenvalue weighted by molar-refractivity contribution is 8.18. The van der Waals surface area contributed by atoms with E-state index in [1.165, 1.54) is 24.6 Å². The van der Waals surface area contributed by atoms with Crippen molar-refractivity contribution in [3.8, 4) is 0 Å². The highest BCUT2D eigenvalue weighted by atomic mass is 32.2. The first-order valence-electron chi connectivity index (χ1n) is 9.77. The van der Waals surface area contributed by atoms with E-state index >= 15 is 0 Å². The molecule has 2 saturated heterocycles. The monoisotopic (exact) mass is 423 g/mol.